The van der Waals surface area contributed by atoms with E-state index in [9.17, 15) is 0 Å². The maximum atomic E-state index is 9.10. The summed E-state index contributed by atoms with van der Waals surface area (Å²) in [5, 5.41) is 30.5. The molecule has 10 nitrogen and oxygen atoms in total. The van der Waals surface area contributed by atoms with Gasteiger partial charge in [-0.3, -0.25) is 0 Å². The molecular formula is C14H22N6O4. The third-order valence-electron chi connectivity index (χ3n) is 3.21. The molecule has 0 fully saturated rings. The molecule has 0 aliphatic rings. The lowest BCUT2D eigenvalue weighted by molar-refractivity contribution is -0.159. The van der Waals surface area contributed by atoms with Crippen LogP contribution >= 0.6 is 0 Å². The van der Waals surface area contributed by atoms with Crippen LogP contribution in [0.3, 0.4) is 0 Å². The molecule has 24 heavy (non-hydrogen) atoms. The molecule has 0 bridgehead atoms. The van der Waals surface area contributed by atoms with E-state index >= 15 is 0 Å². The zero-order valence-corrected chi connectivity index (χ0v) is 13.9. The summed E-state index contributed by atoms with van der Waals surface area (Å²) >= 11 is 0. The highest BCUT2D eigenvalue weighted by Crippen LogP contribution is 2.13. The molecule has 0 aliphatic heterocycles. The normalized spacial score (nSPS) is 10.3. The number of carboxylic acids is 2. The van der Waals surface area contributed by atoms with Crippen molar-refractivity contribution >= 4 is 23.3 Å². The van der Waals surface area contributed by atoms with E-state index in [2.05, 4.69) is 39.4 Å². The standard InChI is InChI=1S/C12H20N6.C2H2O4/c1-4-17(5-2)7-6-13-11-8-10(3)16-18-9-14-15-12(11)18;3-1(4)2(5)6/h8-9,13H,4-7H2,1-3H3;(H,3,4)(H,5,6). The van der Waals surface area contributed by atoms with Crippen LogP contribution in [0.25, 0.3) is 5.65 Å². The molecule has 0 saturated heterocycles. The third kappa shape index (κ3) is 5.80. The number of hydrogen-bond acceptors (Lipinski definition) is 7. The number of rotatable bonds is 6. The van der Waals surface area contributed by atoms with Crippen molar-refractivity contribution in [2.45, 2.75) is 20.8 Å². The number of aryl methyl sites for hydroxylation is 1. The monoisotopic (exact) mass is 338 g/mol. The number of nitrogens with zero attached hydrogens (tertiary/aromatic N) is 5. The zero-order valence-electron chi connectivity index (χ0n) is 13.9. The zero-order chi connectivity index (χ0) is 18.1. The topological polar surface area (TPSA) is 133 Å². The van der Waals surface area contributed by atoms with E-state index in [0.29, 0.717) is 0 Å². The van der Waals surface area contributed by atoms with Gasteiger partial charge in [0.1, 0.15) is 6.33 Å². The average Bonchev–Trinajstić information content (AvgIpc) is 3.00. The number of carboxylic acid groups (broad SMARTS) is 2. The number of carbonyl (C=O) groups is 2. The van der Waals surface area contributed by atoms with E-state index in [4.69, 9.17) is 19.8 Å². The lowest BCUT2D eigenvalue weighted by Crippen LogP contribution is -2.28. The summed E-state index contributed by atoms with van der Waals surface area (Å²) in [6, 6.07) is 2.01. The summed E-state index contributed by atoms with van der Waals surface area (Å²) < 4.78 is 1.70. The molecule has 0 aromatic carbocycles. The SMILES string of the molecule is CCN(CC)CCNc1cc(C)nn2cnnc12.O=C(O)C(=O)O. The number of fused-ring (bicyclic) bond motifs is 1. The molecule has 0 saturated carbocycles. The number of hydrogen-bond donors (Lipinski definition) is 3. The van der Waals surface area contributed by atoms with Gasteiger partial charge in [-0.15, -0.1) is 10.2 Å². The van der Waals surface area contributed by atoms with Crippen molar-refractivity contribution in [2.24, 2.45) is 0 Å². The Morgan fingerprint density at radius 2 is 1.88 bits per heavy atom. The Hall–Kier alpha value is -2.75. The second-order valence-electron chi connectivity index (χ2n) is 4.86. The van der Waals surface area contributed by atoms with E-state index in [1.54, 1.807) is 10.8 Å². The maximum Gasteiger partial charge on any atom is 0.414 e. The highest BCUT2D eigenvalue weighted by atomic mass is 16.4. The molecule has 0 atom stereocenters. The van der Waals surface area contributed by atoms with Crippen LogP contribution in [0.2, 0.25) is 0 Å². The quantitative estimate of drug-likeness (QED) is 0.638. The van der Waals surface area contributed by atoms with Gasteiger partial charge in [-0.2, -0.15) is 9.61 Å². The van der Waals surface area contributed by atoms with Crippen molar-refractivity contribution in [1.29, 1.82) is 0 Å². The van der Waals surface area contributed by atoms with Gasteiger partial charge in [0.25, 0.3) is 0 Å². The minimum atomic E-state index is -1.82. The van der Waals surface area contributed by atoms with Crippen molar-refractivity contribution < 1.29 is 19.8 Å². The molecule has 0 amide bonds. The van der Waals surface area contributed by atoms with Crippen molar-refractivity contribution in [1.82, 2.24) is 24.7 Å². The second-order valence-corrected chi connectivity index (χ2v) is 4.86. The third-order valence-corrected chi connectivity index (χ3v) is 3.21. The average molecular weight is 338 g/mol. The lowest BCUT2D eigenvalue weighted by Gasteiger charge is -2.18. The Labute approximate surface area is 139 Å². The maximum absolute atomic E-state index is 9.10. The number of nitrogens with one attached hydrogen (secondary N) is 1. The molecule has 2 rings (SSSR count). The van der Waals surface area contributed by atoms with Crippen molar-refractivity contribution in [3.8, 4) is 0 Å². The molecule has 2 aromatic heterocycles. The summed E-state index contributed by atoms with van der Waals surface area (Å²) in [5.41, 5.74) is 2.72. The molecule has 3 N–H and O–H groups in total. The van der Waals surface area contributed by atoms with Gasteiger partial charge in [0.2, 0.25) is 5.65 Å². The van der Waals surface area contributed by atoms with Crippen LogP contribution in [-0.4, -0.2) is 73.0 Å². The highest BCUT2D eigenvalue weighted by molar-refractivity contribution is 6.27. The Balaban J connectivity index is 0.000000413. The highest BCUT2D eigenvalue weighted by Gasteiger charge is 2.06. The molecule has 0 aliphatic carbocycles. The second kappa shape index (κ2) is 9.40. The molecule has 2 aromatic rings. The van der Waals surface area contributed by atoms with Crippen LogP contribution in [-0.2, 0) is 9.59 Å². The van der Waals surface area contributed by atoms with Gasteiger partial charge in [-0.1, -0.05) is 13.8 Å². The minimum Gasteiger partial charge on any atom is -0.473 e. The van der Waals surface area contributed by atoms with Gasteiger partial charge in [0, 0.05) is 13.1 Å². The molecule has 10 heteroatoms. The Bertz CT molecular complexity index is 671. The fraction of sp³-hybridized carbons (Fsp3) is 0.500. The summed E-state index contributed by atoms with van der Waals surface area (Å²) in [5.74, 6) is -3.65. The van der Waals surface area contributed by atoms with Gasteiger partial charge >= 0.3 is 11.9 Å². The first kappa shape index (κ1) is 19.3. The van der Waals surface area contributed by atoms with Crippen LogP contribution in [0, 0.1) is 6.92 Å². The van der Waals surface area contributed by atoms with E-state index in [0.717, 1.165) is 43.2 Å². The van der Waals surface area contributed by atoms with Crippen molar-refractivity contribution in [2.75, 3.05) is 31.5 Å². The predicted octanol–water partition coefficient (Wildman–Crippen LogP) is 0.342. The summed E-state index contributed by atoms with van der Waals surface area (Å²) in [6.45, 7) is 10.4. The number of anilines is 1. The number of aromatic nitrogens is 4. The fourth-order valence-electron chi connectivity index (χ4n) is 1.97. The number of likely N-dealkylation sites (N-methyl/N-ethyl adjacent to an activating group) is 1. The van der Waals surface area contributed by atoms with E-state index in [1.165, 1.54) is 0 Å². The van der Waals surface area contributed by atoms with Crippen molar-refractivity contribution in [3.63, 3.8) is 0 Å². The molecule has 0 spiro atoms. The van der Waals surface area contributed by atoms with Crippen LogP contribution in [0.1, 0.15) is 19.5 Å². The van der Waals surface area contributed by atoms with Crippen LogP contribution in [0.5, 0.6) is 0 Å². The number of aliphatic carboxylic acids is 2. The van der Waals surface area contributed by atoms with Crippen LogP contribution in [0.4, 0.5) is 5.69 Å². The molecule has 0 radical (unpaired) electrons. The predicted molar refractivity (Wildman–Crippen MR) is 87.1 cm³/mol. The summed E-state index contributed by atoms with van der Waals surface area (Å²) in [6.07, 6.45) is 1.62. The molecule has 0 unspecified atom stereocenters. The van der Waals surface area contributed by atoms with Gasteiger partial charge in [-0.05, 0) is 26.1 Å². The summed E-state index contributed by atoms with van der Waals surface area (Å²) in [4.78, 5) is 20.6. The molecule has 2 heterocycles. The Morgan fingerprint density at radius 3 is 2.42 bits per heavy atom. The van der Waals surface area contributed by atoms with Crippen LogP contribution in [0.15, 0.2) is 12.4 Å². The smallest absolute Gasteiger partial charge is 0.414 e. The lowest BCUT2D eigenvalue weighted by atomic mass is 10.3. The van der Waals surface area contributed by atoms with Gasteiger partial charge in [-0.25, -0.2) is 9.59 Å². The molecule has 132 valence electrons. The first-order chi connectivity index (χ1) is 11.4. The van der Waals surface area contributed by atoms with Crippen molar-refractivity contribution in [3.05, 3.63) is 18.1 Å². The van der Waals surface area contributed by atoms with Gasteiger partial charge < -0.3 is 20.4 Å². The Kier molecular flexibility index (Phi) is 7.56. The van der Waals surface area contributed by atoms with Gasteiger partial charge in [0.05, 0.1) is 11.4 Å². The van der Waals surface area contributed by atoms with E-state index < -0.39 is 11.9 Å². The van der Waals surface area contributed by atoms with Gasteiger partial charge in [0.15, 0.2) is 0 Å². The first-order valence-corrected chi connectivity index (χ1v) is 7.49. The largest absolute Gasteiger partial charge is 0.473 e. The summed E-state index contributed by atoms with van der Waals surface area (Å²) in [7, 11) is 0. The fourth-order valence-corrected chi connectivity index (χ4v) is 1.97. The first-order valence-electron chi connectivity index (χ1n) is 7.49. The van der Waals surface area contributed by atoms with E-state index in [-0.39, 0.29) is 0 Å². The Morgan fingerprint density at radius 1 is 1.25 bits per heavy atom. The van der Waals surface area contributed by atoms with E-state index in [1.807, 2.05) is 13.0 Å². The van der Waals surface area contributed by atoms with Crippen LogP contribution < -0.4 is 5.32 Å². The minimum absolute atomic E-state index is 0.778. The molecular weight excluding hydrogens is 316 g/mol.